The van der Waals surface area contributed by atoms with E-state index in [1.807, 2.05) is 19.1 Å². The van der Waals surface area contributed by atoms with Crippen molar-refractivity contribution in [2.24, 2.45) is 0 Å². The van der Waals surface area contributed by atoms with Gasteiger partial charge in [-0.2, -0.15) is 0 Å². The number of benzene rings is 1. The Morgan fingerprint density at radius 2 is 1.90 bits per heavy atom. The molecule has 0 spiro atoms. The number of thioether (sulfide) groups is 1. The molecule has 21 heavy (non-hydrogen) atoms. The fourth-order valence-corrected chi connectivity index (χ4v) is 3.96. The van der Waals surface area contributed by atoms with Crippen molar-refractivity contribution in [2.75, 3.05) is 10.7 Å². The monoisotopic (exact) mass is 299 g/mol. The van der Waals surface area contributed by atoms with Crippen LogP contribution in [-0.2, 0) is 4.79 Å². The first-order chi connectivity index (χ1) is 10.1. The average molecular weight is 299 g/mol. The molecule has 0 saturated carbocycles. The maximum absolute atomic E-state index is 12.3. The highest BCUT2D eigenvalue weighted by atomic mass is 32.2. The lowest BCUT2D eigenvalue weighted by atomic mass is 10.0. The lowest BCUT2D eigenvalue weighted by Gasteiger charge is -2.25. The smallest absolute Gasteiger partial charge is 0.240 e. The van der Waals surface area contributed by atoms with E-state index in [9.17, 15) is 4.79 Å². The van der Waals surface area contributed by atoms with E-state index in [0.717, 1.165) is 5.69 Å². The van der Waals surface area contributed by atoms with Gasteiger partial charge in [0.15, 0.2) is 0 Å². The van der Waals surface area contributed by atoms with Crippen molar-refractivity contribution < 1.29 is 4.79 Å². The maximum atomic E-state index is 12.3. The molecular weight excluding hydrogens is 282 g/mol. The van der Waals surface area contributed by atoms with Crippen molar-refractivity contribution in [2.45, 2.75) is 26.1 Å². The van der Waals surface area contributed by atoms with Gasteiger partial charge >= 0.3 is 0 Å². The summed E-state index contributed by atoms with van der Waals surface area (Å²) in [5.74, 6) is 1.03. The summed E-state index contributed by atoms with van der Waals surface area (Å²) in [7, 11) is 0. The van der Waals surface area contributed by atoms with Gasteiger partial charge in [0.1, 0.15) is 5.37 Å². The van der Waals surface area contributed by atoms with Gasteiger partial charge in [-0.05, 0) is 43.5 Å². The highest BCUT2D eigenvalue weighted by Crippen LogP contribution is 2.42. The normalized spacial score (nSPS) is 18.3. The fourth-order valence-electron chi connectivity index (χ4n) is 2.62. The van der Waals surface area contributed by atoms with E-state index in [2.05, 4.69) is 35.9 Å². The predicted molar refractivity (Wildman–Crippen MR) is 85.4 cm³/mol. The zero-order valence-electron chi connectivity index (χ0n) is 12.3. The molecule has 1 atom stereocenters. The van der Waals surface area contributed by atoms with Crippen LogP contribution in [0, 0.1) is 20.8 Å². The lowest BCUT2D eigenvalue weighted by molar-refractivity contribution is -0.115. The first-order valence-corrected chi connectivity index (χ1v) is 7.92. The molecular formula is C16H17N3OS. The van der Waals surface area contributed by atoms with E-state index < -0.39 is 0 Å². The second-order valence-electron chi connectivity index (χ2n) is 5.23. The molecule has 5 heteroatoms. The molecule has 1 aliphatic rings. The molecule has 1 aliphatic heterocycles. The summed E-state index contributed by atoms with van der Waals surface area (Å²) in [4.78, 5) is 22.8. The average Bonchev–Trinajstić information content (AvgIpc) is 2.80. The van der Waals surface area contributed by atoms with Crippen LogP contribution in [0.2, 0.25) is 0 Å². The van der Waals surface area contributed by atoms with E-state index in [-0.39, 0.29) is 11.3 Å². The molecule has 3 rings (SSSR count). The number of aryl methyl sites for hydroxylation is 3. The summed E-state index contributed by atoms with van der Waals surface area (Å²) in [6, 6.07) is 8.05. The Hall–Kier alpha value is -1.88. The number of aromatic nitrogens is 2. The Balaban J connectivity index is 2.08. The molecule has 1 amide bonds. The van der Waals surface area contributed by atoms with Crippen LogP contribution in [0.3, 0.4) is 0 Å². The van der Waals surface area contributed by atoms with Crippen LogP contribution >= 0.6 is 11.8 Å². The molecule has 0 radical (unpaired) electrons. The Bertz CT molecular complexity index is 681. The summed E-state index contributed by atoms with van der Waals surface area (Å²) < 4.78 is 0. The van der Waals surface area contributed by atoms with Gasteiger partial charge in [-0.25, -0.2) is 9.97 Å². The number of carbonyl (C=O) groups excluding carboxylic acids is 1. The Morgan fingerprint density at radius 3 is 2.57 bits per heavy atom. The fraction of sp³-hybridized carbons (Fsp3) is 0.312. The molecule has 0 aliphatic carbocycles. The van der Waals surface area contributed by atoms with Crippen LogP contribution in [0.4, 0.5) is 5.95 Å². The molecule has 1 aromatic carbocycles. The standard InChI is InChI=1S/C16H17N3OS/c1-10-5-4-6-11(2)14(10)15-19(13(20)9-21-15)16-17-8-7-12(3)18-16/h4-8,15H,9H2,1-3H3. The molecule has 1 saturated heterocycles. The van der Waals surface area contributed by atoms with Crippen LogP contribution < -0.4 is 4.90 Å². The zero-order chi connectivity index (χ0) is 15.0. The molecule has 2 aromatic rings. The molecule has 108 valence electrons. The number of nitrogens with zero attached hydrogens (tertiary/aromatic N) is 3. The van der Waals surface area contributed by atoms with E-state index in [0.29, 0.717) is 11.7 Å². The SMILES string of the molecule is Cc1ccnc(N2C(=O)CSC2c2c(C)cccc2C)n1. The number of anilines is 1. The minimum absolute atomic E-state index is 0.0412. The van der Waals surface area contributed by atoms with Gasteiger partial charge in [0.25, 0.3) is 0 Å². The van der Waals surface area contributed by atoms with E-state index in [1.165, 1.54) is 16.7 Å². The molecule has 1 aromatic heterocycles. The largest absolute Gasteiger partial charge is 0.273 e. The Kier molecular flexibility index (Phi) is 3.68. The molecule has 0 bridgehead atoms. The molecule has 2 heterocycles. The van der Waals surface area contributed by atoms with Gasteiger partial charge in [-0.3, -0.25) is 9.69 Å². The van der Waals surface area contributed by atoms with Gasteiger partial charge in [0.05, 0.1) is 5.75 Å². The number of carbonyl (C=O) groups is 1. The van der Waals surface area contributed by atoms with E-state index in [1.54, 1.807) is 22.9 Å². The van der Waals surface area contributed by atoms with Crippen LogP contribution in [0.5, 0.6) is 0 Å². The van der Waals surface area contributed by atoms with Crippen molar-refractivity contribution in [3.05, 3.63) is 52.8 Å². The Morgan fingerprint density at radius 1 is 1.19 bits per heavy atom. The maximum Gasteiger partial charge on any atom is 0.240 e. The van der Waals surface area contributed by atoms with E-state index in [4.69, 9.17) is 0 Å². The van der Waals surface area contributed by atoms with Crippen molar-refractivity contribution in [1.82, 2.24) is 9.97 Å². The third-order valence-corrected chi connectivity index (χ3v) is 4.83. The van der Waals surface area contributed by atoms with Crippen molar-refractivity contribution in [3.63, 3.8) is 0 Å². The minimum atomic E-state index is -0.0412. The third-order valence-electron chi connectivity index (χ3n) is 3.65. The molecule has 0 N–H and O–H groups in total. The summed E-state index contributed by atoms with van der Waals surface area (Å²) in [5, 5.41) is -0.0412. The van der Waals surface area contributed by atoms with Crippen molar-refractivity contribution >= 4 is 23.6 Å². The first kappa shape index (κ1) is 14.1. The molecule has 1 fully saturated rings. The number of hydrogen-bond acceptors (Lipinski definition) is 4. The second kappa shape index (κ2) is 5.48. The highest BCUT2D eigenvalue weighted by molar-refractivity contribution is 8.00. The van der Waals surface area contributed by atoms with Gasteiger partial charge in [0, 0.05) is 11.9 Å². The summed E-state index contributed by atoms with van der Waals surface area (Å²) in [5.41, 5.74) is 4.45. The number of amides is 1. The summed E-state index contributed by atoms with van der Waals surface area (Å²) in [6.45, 7) is 6.08. The van der Waals surface area contributed by atoms with Gasteiger partial charge < -0.3 is 0 Å². The summed E-state index contributed by atoms with van der Waals surface area (Å²) >= 11 is 1.64. The quantitative estimate of drug-likeness (QED) is 0.854. The van der Waals surface area contributed by atoms with Crippen LogP contribution in [-0.4, -0.2) is 21.6 Å². The minimum Gasteiger partial charge on any atom is -0.273 e. The molecule has 1 unspecified atom stereocenters. The Labute approximate surface area is 128 Å². The zero-order valence-corrected chi connectivity index (χ0v) is 13.1. The van der Waals surface area contributed by atoms with Crippen molar-refractivity contribution in [1.29, 1.82) is 0 Å². The van der Waals surface area contributed by atoms with Crippen molar-refractivity contribution in [3.8, 4) is 0 Å². The first-order valence-electron chi connectivity index (χ1n) is 6.87. The van der Waals surface area contributed by atoms with Crippen LogP contribution in [0.15, 0.2) is 30.5 Å². The molecule has 4 nitrogen and oxygen atoms in total. The van der Waals surface area contributed by atoms with Gasteiger partial charge in [-0.1, -0.05) is 18.2 Å². The number of rotatable bonds is 2. The third kappa shape index (κ3) is 2.53. The predicted octanol–water partition coefficient (Wildman–Crippen LogP) is 3.18. The highest BCUT2D eigenvalue weighted by Gasteiger charge is 2.37. The lowest BCUT2D eigenvalue weighted by Crippen LogP contribution is -2.30. The van der Waals surface area contributed by atoms with Gasteiger partial charge in [0.2, 0.25) is 11.9 Å². The summed E-state index contributed by atoms with van der Waals surface area (Å²) in [6.07, 6.45) is 1.70. The van der Waals surface area contributed by atoms with Gasteiger partial charge in [-0.15, -0.1) is 11.8 Å². The van der Waals surface area contributed by atoms with E-state index >= 15 is 0 Å². The van der Waals surface area contributed by atoms with Crippen LogP contribution in [0.1, 0.15) is 27.8 Å². The topological polar surface area (TPSA) is 46.1 Å². The second-order valence-corrected chi connectivity index (χ2v) is 6.30. The van der Waals surface area contributed by atoms with Crippen LogP contribution in [0.25, 0.3) is 0 Å². The number of hydrogen-bond donors (Lipinski definition) is 0.